The van der Waals surface area contributed by atoms with E-state index < -0.39 is 10.0 Å². The Kier molecular flexibility index (Phi) is 6.43. The van der Waals surface area contributed by atoms with E-state index in [0.29, 0.717) is 42.6 Å². The maximum Gasteiger partial charge on any atom is 0.249 e. The molecule has 1 N–H and O–H groups in total. The van der Waals surface area contributed by atoms with Crippen molar-refractivity contribution >= 4 is 15.9 Å². The van der Waals surface area contributed by atoms with Crippen LogP contribution in [0.15, 0.2) is 33.7 Å². The van der Waals surface area contributed by atoms with Gasteiger partial charge in [-0.05, 0) is 55.7 Å². The minimum atomic E-state index is -3.41. The van der Waals surface area contributed by atoms with Crippen molar-refractivity contribution < 1.29 is 17.7 Å². The van der Waals surface area contributed by atoms with Crippen LogP contribution >= 0.6 is 0 Å². The number of amides is 1. The second kappa shape index (κ2) is 9.08. The summed E-state index contributed by atoms with van der Waals surface area (Å²) < 4.78 is 32.2. The van der Waals surface area contributed by atoms with Gasteiger partial charge in [-0.1, -0.05) is 31.1 Å². The summed E-state index contributed by atoms with van der Waals surface area (Å²) in [5, 5.41) is 7.06. The van der Waals surface area contributed by atoms with Crippen molar-refractivity contribution in [3.8, 4) is 0 Å². The molecule has 4 rings (SSSR count). The molecule has 1 aromatic heterocycles. The Bertz CT molecular complexity index is 1010. The molecule has 2 heterocycles. The summed E-state index contributed by atoms with van der Waals surface area (Å²) in [5.41, 5.74) is 0.922. The molecule has 31 heavy (non-hydrogen) atoms. The van der Waals surface area contributed by atoms with Crippen molar-refractivity contribution in [1.82, 2.24) is 19.8 Å². The number of nitrogens with one attached hydrogen (secondary N) is 1. The van der Waals surface area contributed by atoms with Gasteiger partial charge in [0, 0.05) is 25.4 Å². The topological polar surface area (TPSA) is 105 Å². The highest BCUT2D eigenvalue weighted by atomic mass is 32.2. The highest BCUT2D eigenvalue weighted by molar-refractivity contribution is 7.89. The summed E-state index contributed by atoms with van der Waals surface area (Å²) in [5.74, 6) is 1.61. The van der Waals surface area contributed by atoms with Gasteiger partial charge in [0.05, 0.1) is 4.90 Å². The van der Waals surface area contributed by atoms with E-state index in [0.717, 1.165) is 37.1 Å². The average Bonchev–Trinajstić information content (AvgIpc) is 3.24. The zero-order valence-corrected chi connectivity index (χ0v) is 18.9. The lowest BCUT2D eigenvalue weighted by Crippen LogP contribution is -2.32. The first-order valence-electron chi connectivity index (χ1n) is 11.1. The summed E-state index contributed by atoms with van der Waals surface area (Å²) in [4.78, 5) is 17.3. The monoisotopic (exact) mass is 446 g/mol. The average molecular weight is 447 g/mol. The molecule has 2 aromatic rings. The molecule has 1 atom stereocenters. The number of sulfonamides is 1. The van der Waals surface area contributed by atoms with Crippen LogP contribution in [0.4, 0.5) is 0 Å². The van der Waals surface area contributed by atoms with Crippen molar-refractivity contribution in [1.29, 1.82) is 0 Å². The number of carbonyl (C=O) groups excluding carboxylic acids is 1. The summed E-state index contributed by atoms with van der Waals surface area (Å²) in [6, 6.07) is 6.53. The fourth-order valence-corrected chi connectivity index (χ4v) is 5.32. The number of benzene rings is 1. The Balaban J connectivity index is 1.33. The van der Waals surface area contributed by atoms with E-state index in [1.165, 1.54) is 4.31 Å². The van der Waals surface area contributed by atoms with Crippen LogP contribution in [0, 0.1) is 5.92 Å². The van der Waals surface area contributed by atoms with Crippen LogP contribution in [0.25, 0.3) is 0 Å². The van der Waals surface area contributed by atoms with Gasteiger partial charge in [-0.3, -0.25) is 4.79 Å². The van der Waals surface area contributed by atoms with Gasteiger partial charge in [0.25, 0.3) is 0 Å². The molecule has 0 spiro atoms. The standard InChI is InChI=1S/C22H30N4O4S/c1-15(2)20(22-24-21(25-30-22)17-8-9-17)23-19(27)12-7-16-5-10-18(11-6-16)31(28,29)26-13-3-4-14-26/h5-6,10-11,15,17,20H,3-4,7-9,12-14H2,1-2H3,(H,23,27). The number of carbonyl (C=O) groups is 1. The van der Waals surface area contributed by atoms with Gasteiger partial charge in [0.2, 0.25) is 21.8 Å². The number of rotatable bonds is 9. The number of aryl methyl sites for hydroxylation is 1. The first-order valence-corrected chi connectivity index (χ1v) is 12.5. The van der Waals surface area contributed by atoms with Gasteiger partial charge < -0.3 is 9.84 Å². The SMILES string of the molecule is CC(C)C(NC(=O)CCc1ccc(S(=O)(=O)N2CCCC2)cc1)c1nc(C2CC2)no1. The van der Waals surface area contributed by atoms with Crippen molar-refractivity contribution in [3.05, 3.63) is 41.5 Å². The molecule has 1 aromatic carbocycles. The summed E-state index contributed by atoms with van der Waals surface area (Å²) >= 11 is 0. The first-order chi connectivity index (χ1) is 14.8. The first kappa shape index (κ1) is 22.0. The molecule has 0 radical (unpaired) electrons. The number of nitrogens with zero attached hydrogens (tertiary/aromatic N) is 3. The molecule has 1 aliphatic carbocycles. The Labute approximate surface area is 183 Å². The quantitative estimate of drug-likeness (QED) is 0.634. The van der Waals surface area contributed by atoms with Crippen LogP contribution in [0.3, 0.4) is 0 Å². The van der Waals surface area contributed by atoms with Gasteiger partial charge in [-0.15, -0.1) is 0 Å². The lowest BCUT2D eigenvalue weighted by atomic mass is 10.0. The van der Waals surface area contributed by atoms with Crippen LogP contribution < -0.4 is 5.32 Å². The van der Waals surface area contributed by atoms with E-state index in [4.69, 9.17) is 4.52 Å². The van der Waals surface area contributed by atoms with Crippen LogP contribution in [-0.2, 0) is 21.2 Å². The molecule has 8 nitrogen and oxygen atoms in total. The summed E-state index contributed by atoms with van der Waals surface area (Å²) in [6.45, 7) is 5.18. The Morgan fingerprint density at radius 1 is 1.19 bits per heavy atom. The third-order valence-electron chi connectivity index (χ3n) is 5.92. The van der Waals surface area contributed by atoms with E-state index in [1.54, 1.807) is 24.3 Å². The lowest BCUT2D eigenvalue weighted by molar-refractivity contribution is -0.122. The van der Waals surface area contributed by atoms with Crippen molar-refractivity contribution in [2.45, 2.75) is 69.2 Å². The Morgan fingerprint density at radius 3 is 2.48 bits per heavy atom. The van der Waals surface area contributed by atoms with Crippen molar-refractivity contribution in [2.75, 3.05) is 13.1 Å². The Morgan fingerprint density at radius 2 is 1.87 bits per heavy atom. The number of hydrogen-bond acceptors (Lipinski definition) is 6. The fraction of sp³-hybridized carbons (Fsp3) is 0.591. The molecule has 0 bridgehead atoms. The number of hydrogen-bond donors (Lipinski definition) is 1. The second-order valence-corrected chi connectivity index (χ2v) is 10.7. The minimum absolute atomic E-state index is 0.0985. The predicted molar refractivity (Wildman–Crippen MR) is 115 cm³/mol. The van der Waals surface area contributed by atoms with Gasteiger partial charge in [0.15, 0.2) is 5.82 Å². The molecule has 168 valence electrons. The summed E-state index contributed by atoms with van der Waals surface area (Å²) in [7, 11) is -3.41. The van der Waals surface area contributed by atoms with Crippen LogP contribution in [0.1, 0.15) is 75.2 Å². The van der Waals surface area contributed by atoms with E-state index in [9.17, 15) is 13.2 Å². The maximum absolute atomic E-state index is 12.6. The normalized spacial score (nSPS) is 18.4. The second-order valence-electron chi connectivity index (χ2n) is 8.81. The zero-order chi connectivity index (χ0) is 22.0. The van der Waals surface area contributed by atoms with Gasteiger partial charge in [-0.25, -0.2) is 8.42 Å². The molecule has 9 heteroatoms. The van der Waals surface area contributed by atoms with Crippen molar-refractivity contribution in [3.63, 3.8) is 0 Å². The molecule has 1 saturated heterocycles. The van der Waals surface area contributed by atoms with Crippen LogP contribution in [-0.4, -0.2) is 41.9 Å². The van der Waals surface area contributed by atoms with E-state index in [-0.39, 0.29) is 17.9 Å². The van der Waals surface area contributed by atoms with Gasteiger partial charge in [0.1, 0.15) is 6.04 Å². The molecule has 2 fully saturated rings. The third kappa shape index (κ3) is 5.15. The van der Waals surface area contributed by atoms with Crippen molar-refractivity contribution in [2.24, 2.45) is 5.92 Å². The van der Waals surface area contributed by atoms with Gasteiger partial charge in [-0.2, -0.15) is 9.29 Å². The molecular formula is C22H30N4O4S. The molecule has 1 unspecified atom stereocenters. The predicted octanol–water partition coefficient (Wildman–Crippen LogP) is 3.18. The summed E-state index contributed by atoms with van der Waals surface area (Å²) in [6.07, 6.45) is 4.83. The molecule has 1 saturated carbocycles. The smallest absolute Gasteiger partial charge is 0.249 e. The van der Waals surface area contributed by atoms with E-state index in [2.05, 4.69) is 15.5 Å². The zero-order valence-electron chi connectivity index (χ0n) is 18.1. The van der Waals surface area contributed by atoms with Gasteiger partial charge >= 0.3 is 0 Å². The largest absolute Gasteiger partial charge is 0.344 e. The van der Waals surface area contributed by atoms with E-state index >= 15 is 0 Å². The highest BCUT2D eigenvalue weighted by Crippen LogP contribution is 2.38. The highest BCUT2D eigenvalue weighted by Gasteiger charge is 2.31. The minimum Gasteiger partial charge on any atom is -0.344 e. The van der Waals surface area contributed by atoms with Crippen LogP contribution in [0.2, 0.25) is 0 Å². The molecule has 1 aliphatic heterocycles. The lowest BCUT2D eigenvalue weighted by Gasteiger charge is -2.18. The molecule has 1 amide bonds. The third-order valence-corrected chi connectivity index (χ3v) is 7.83. The van der Waals surface area contributed by atoms with Crippen LogP contribution in [0.5, 0.6) is 0 Å². The fourth-order valence-electron chi connectivity index (χ4n) is 3.80. The maximum atomic E-state index is 12.6. The molecular weight excluding hydrogens is 416 g/mol. The Hall–Kier alpha value is -2.26. The van der Waals surface area contributed by atoms with E-state index in [1.807, 2.05) is 13.8 Å². The number of aromatic nitrogens is 2. The molecule has 2 aliphatic rings.